The lowest BCUT2D eigenvalue weighted by Gasteiger charge is -2.34. The van der Waals surface area contributed by atoms with E-state index in [-0.39, 0.29) is 6.54 Å². The summed E-state index contributed by atoms with van der Waals surface area (Å²) in [7, 11) is 0. The van der Waals surface area contributed by atoms with E-state index >= 15 is 0 Å². The number of carbonyl (C=O) groups excluding carboxylic acids is 4. The fraction of sp³-hybridized carbons (Fsp3) is 0.538. The molecule has 36 heavy (non-hydrogen) atoms. The van der Waals surface area contributed by atoms with E-state index in [4.69, 9.17) is 16.9 Å². The highest BCUT2D eigenvalue weighted by atomic mass is 16.6. The van der Waals surface area contributed by atoms with E-state index in [1.807, 2.05) is 6.92 Å². The van der Waals surface area contributed by atoms with Gasteiger partial charge in [0.15, 0.2) is 0 Å². The van der Waals surface area contributed by atoms with Crippen LogP contribution in [0.5, 0.6) is 0 Å². The maximum Gasteiger partial charge on any atom is 0.408 e. The smallest absolute Gasteiger partial charge is 0.408 e. The zero-order chi connectivity index (χ0) is 27.3. The molecule has 0 aliphatic heterocycles. The number of terminal acetylenes is 1. The standard InChI is InChI=1S/C26H38N4O6/c1-6-8-9-14-28-23(33)22(19-12-10-18(7-2)11-13-19)30(15-16-31)24(34)20(17-21(27)32)29-25(35)36-26(3,4)5/h2,10-13,20,22,31H,6,8-9,14-17H2,1,3-5H3,(H2,27,32)(H,28,33)(H,29,35). The van der Waals surface area contributed by atoms with E-state index in [1.54, 1.807) is 45.0 Å². The predicted octanol–water partition coefficient (Wildman–Crippen LogP) is 1.61. The number of hydrogen-bond donors (Lipinski definition) is 4. The SMILES string of the molecule is C#Cc1ccc(C(C(=O)NCCCCC)N(CCO)C(=O)C(CC(N)=O)NC(=O)OC(C)(C)C)cc1. The van der Waals surface area contributed by atoms with Crippen LogP contribution in [-0.2, 0) is 19.1 Å². The summed E-state index contributed by atoms with van der Waals surface area (Å²) in [6, 6.07) is 3.93. The normalized spacial score (nSPS) is 12.6. The van der Waals surface area contributed by atoms with Crippen molar-refractivity contribution in [2.75, 3.05) is 19.7 Å². The summed E-state index contributed by atoms with van der Waals surface area (Å²) >= 11 is 0. The Balaban J connectivity index is 3.38. The molecule has 0 fully saturated rings. The number of aliphatic hydroxyl groups is 1. The van der Waals surface area contributed by atoms with Crippen LogP contribution in [0.1, 0.15) is 70.5 Å². The lowest BCUT2D eigenvalue weighted by Crippen LogP contribution is -2.54. The van der Waals surface area contributed by atoms with Gasteiger partial charge in [0.1, 0.15) is 17.7 Å². The third-order valence-electron chi connectivity index (χ3n) is 5.05. The van der Waals surface area contributed by atoms with Crippen molar-refractivity contribution >= 4 is 23.8 Å². The van der Waals surface area contributed by atoms with Crippen LogP contribution in [0.2, 0.25) is 0 Å². The zero-order valence-electron chi connectivity index (χ0n) is 21.5. The van der Waals surface area contributed by atoms with Crippen LogP contribution in [0, 0.1) is 12.3 Å². The highest BCUT2D eigenvalue weighted by molar-refractivity contribution is 5.94. The van der Waals surface area contributed by atoms with Crippen LogP contribution in [0.15, 0.2) is 24.3 Å². The molecule has 198 valence electrons. The maximum atomic E-state index is 13.6. The molecule has 10 nitrogen and oxygen atoms in total. The number of ether oxygens (including phenoxy) is 1. The highest BCUT2D eigenvalue weighted by Crippen LogP contribution is 2.23. The molecule has 2 unspecified atom stereocenters. The lowest BCUT2D eigenvalue weighted by atomic mass is 10.0. The van der Waals surface area contributed by atoms with Gasteiger partial charge in [-0.05, 0) is 44.9 Å². The van der Waals surface area contributed by atoms with Gasteiger partial charge in [-0.25, -0.2) is 4.79 Å². The summed E-state index contributed by atoms with van der Waals surface area (Å²) in [4.78, 5) is 52.1. The van der Waals surface area contributed by atoms with Crippen molar-refractivity contribution in [2.45, 2.75) is 71.1 Å². The summed E-state index contributed by atoms with van der Waals surface area (Å²) in [6.07, 6.45) is 6.62. The average Bonchev–Trinajstić information content (AvgIpc) is 2.79. The Bertz CT molecular complexity index is 933. The van der Waals surface area contributed by atoms with Gasteiger partial charge in [0.05, 0.1) is 13.0 Å². The van der Waals surface area contributed by atoms with Crippen molar-refractivity contribution in [3.63, 3.8) is 0 Å². The van der Waals surface area contributed by atoms with Gasteiger partial charge in [0.25, 0.3) is 0 Å². The second-order valence-corrected chi connectivity index (χ2v) is 9.29. The number of primary amides is 1. The van der Waals surface area contributed by atoms with Gasteiger partial charge >= 0.3 is 6.09 Å². The first-order valence-electron chi connectivity index (χ1n) is 12.0. The van der Waals surface area contributed by atoms with Gasteiger partial charge in [0.2, 0.25) is 17.7 Å². The van der Waals surface area contributed by atoms with Crippen LogP contribution in [0.25, 0.3) is 0 Å². The number of unbranched alkanes of at least 4 members (excludes halogenated alkanes) is 2. The number of carbonyl (C=O) groups is 4. The highest BCUT2D eigenvalue weighted by Gasteiger charge is 2.36. The van der Waals surface area contributed by atoms with E-state index in [0.29, 0.717) is 17.7 Å². The Kier molecular flexibility index (Phi) is 12.5. The predicted molar refractivity (Wildman–Crippen MR) is 135 cm³/mol. The van der Waals surface area contributed by atoms with Gasteiger partial charge in [-0.2, -0.15) is 0 Å². The van der Waals surface area contributed by atoms with Crippen LogP contribution >= 0.6 is 0 Å². The minimum Gasteiger partial charge on any atom is -0.444 e. The van der Waals surface area contributed by atoms with E-state index in [9.17, 15) is 24.3 Å². The molecule has 1 aromatic carbocycles. The van der Waals surface area contributed by atoms with Crippen molar-refractivity contribution in [3.05, 3.63) is 35.4 Å². The van der Waals surface area contributed by atoms with Crippen molar-refractivity contribution < 1.29 is 29.0 Å². The summed E-state index contributed by atoms with van der Waals surface area (Å²) < 4.78 is 5.21. The summed E-state index contributed by atoms with van der Waals surface area (Å²) in [6.45, 7) is 6.66. The molecule has 0 radical (unpaired) electrons. The molecule has 0 saturated carbocycles. The minimum atomic E-state index is -1.41. The Morgan fingerprint density at radius 1 is 1.17 bits per heavy atom. The third kappa shape index (κ3) is 10.4. The minimum absolute atomic E-state index is 0.242. The fourth-order valence-corrected chi connectivity index (χ4v) is 3.44. The average molecular weight is 503 g/mol. The number of benzene rings is 1. The number of nitrogens with zero attached hydrogens (tertiary/aromatic N) is 1. The Morgan fingerprint density at radius 2 is 1.81 bits per heavy atom. The Labute approximate surface area is 212 Å². The number of hydrogen-bond acceptors (Lipinski definition) is 6. The quantitative estimate of drug-likeness (QED) is 0.238. The van der Waals surface area contributed by atoms with Gasteiger partial charge in [-0.3, -0.25) is 14.4 Å². The molecule has 0 aliphatic rings. The van der Waals surface area contributed by atoms with Crippen LogP contribution in [0.4, 0.5) is 4.79 Å². The molecule has 0 aliphatic carbocycles. The first kappa shape index (κ1) is 30.5. The topological polar surface area (TPSA) is 151 Å². The van der Waals surface area contributed by atoms with Gasteiger partial charge < -0.3 is 31.1 Å². The second kappa shape index (κ2) is 14.7. The van der Waals surface area contributed by atoms with Crippen molar-refractivity contribution in [1.29, 1.82) is 0 Å². The van der Waals surface area contributed by atoms with Gasteiger partial charge in [-0.1, -0.05) is 37.8 Å². The van der Waals surface area contributed by atoms with E-state index < -0.39 is 54.5 Å². The first-order chi connectivity index (χ1) is 16.9. The fourth-order valence-electron chi connectivity index (χ4n) is 3.44. The molecule has 1 rings (SSSR count). The Morgan fingerprint density at radius 3 is 2.31 bits per heavy atom. The Hall–Kier alpha value is -3.58. The van der Waals surface area contributed by atoms with E-state index in [0.717, 1.165) is 24.2 Å². The second-order valence-electron chi connectivity index (χ2n) is 9.29. The molecule has 1 aromatic rings. The molecule has 0 heterocycles. The van der Waals surface area contributed by atoms with Crippen LogP contribution in [0.3, 0.4) is 0 Å². The molecule has 2 atom stereocenters. The lowest BCUT2D eigenvalue weighted by molar-refractivity contribution is -0.143. The van der Waals surface area contributed by atoms with Crippen LogP contribution in [-0.4, -0.2) is 65.2 Å². The summed E-state index contributed by atoms with van der Waals surface area (Å²) in [5.41, 5.74) is 5.51. The van der Waals surface area contributed by atoms with Gasteiger partial charge in [-0.15, -0.1) is 6.42 Å². The number of rotatable bonds is 13. The number of aliphatic hydroxyl groups excluding tert-OH is 1. The largest absolute Gasteiger partial charge is 0.444 e. The third-order valence-corrected chi connectivity index (χ3v) is 5.05. The van der Waals surface area contributed by atoms with Crippen molar-refractivity contribution in [1.82, 2.24) is 15.5 Å². The summed E-state index contributed by atoms with van der Waals surface area (Å²) in [5.74, 6) is 0.403. The molecular formula is C26H38N4O6. The van der Waals surface area contributed by atoms with Crippen LogP contribution < -0.4 is 16.4 Å². The summed E-state index contributed by atoms with van der Waals surface area (Å²) in [5, 5.41) is 14.9. The number of nitrogens with one attached hydrogen (secondary N) is 2. The molecule has 10 heteroatoms. The zero-order valence-corrected chi connectivity index (χ0v) is 21.5. The number of nitrogens with two attached hydrogens (primary N) is 1. The molecule has 0 saturated heterocycles. The monoisotopic (exact) mass is 502 g/mol. The molecule has 0 bridgehead atoms. The molecule has 0 aromatic heterocycles. The van der Waals surface area contributed by atoms with Gasteiger partial charge in [0, 0.05) is 18.7 Å². The molecule has 5 N–H and O–H groups in total. The maximum absolute atomic E-state index is 13.6. The number of alkyl carbamates (subject to hydrolysis) is 1. The van der Waals surface area contributed by atoms with Crippen molar-refractivity contribution in [3.8, 4) is 12.3 Å². The van der Waals surface area contributed by atoms with Crippen molar-refractivity contribution in [2.24, 2.45) is 5.73 Å². The number of amides is 4. The molecular weight excluding hydrogens is 464 g/mol. The first-order valence-corrected chi connectivity index (χ1v) is 12.0. The van der Waals surface area contributed by atoms with E-state index in [1.165, 1.54) is 0 Å². The van der Waals surface area contributed by atoms with E-state index in [2.05, 4.69) is 16.6 Å². The molecule has 4 amide bonds. The molecule has 0 spiro atoms.